The number of benzene rings is 4. The predicted molar refractivity (Wildman–Crippen MR) is 175 cm³/mol. The highest BCUT2D eigenvalue weighted by atomic mass is 35.5. The molecule has 0 aromatic heterocycles. The molecule has 0 unspecified atom stereocenters. The number of carbonyl (C=O) groups excluding carboxylic acids is 1. The molecule has 1 heterocycles. The summed E-state index contributed by atoms with van der Waals surface area (Å²) in [7, 11) is 0. The number of fused-ring (bicyclic) bond motifs is 6. The lowest BCUT2D eigenvalue weighted by atomic mass is 9.75. The molecule has 5 nitrogen and oxygen atoms in total. The molecule has 4 aliphatic rings. The zero-order valence-corrected chi connectivity index (χ0v) is 25.1. The minimum absolute atomic E-state index is 0.0356. The van der Waals surface area contributed by atoms with Crippen LogP contribution in [-0.2, 0) is 11.2 Å². The van der Waals surface area contributed by atoms with E-state index in [0.29, 0.717) is 34.7 Å². The first kappa shape index (κ1) is 27.2. The Hall–Kier alpha value is -4.40. The number of esters is 1. The second-order valence-electron chi connectivity index (χ2n) is 12.5. The van der Waals surface area contributed by atoms with Crippen molar-refractivity contribution in [3.63, 3.8) is 0 Å². The molecule has 1 fully saturated rings. The van der Waals surface area contributed by atoms with Gasteiger partial charge in [0.1, 0.15) is 6.61 Å². The minimum atomic E-state index is -0.287. The van der Waals surface area contributed by atoms with Crippen molar-refractivity contribution in [1.82, 2.24) is 0 Å². The van der Waals surface area contributed by atoms with Crippen LogP contribution in [0.4, 0.5) is 11.4 Å². The van der Waals surface area contributed by atoms with Crippen molar-refractivity contribution in [2.24, 2.45) is 16.9 Å². The maximum absolute atomic E-state index is 13.4. The molecule has 0 spiro atoms. The molecule has 0 radical (unpaired) electrons. The summed E-state index contributed by atoms with van der Waals surface area (Å²) in [6.45, 7) is 7.71. The van der Waals surface area contributed by atoms with Gasteiger partial charge in [0.15, 0.2) is 0 Å². The molecular weight excluding hydrogens is 566 g/mol. The molecule has 1 saturated carbocycles. The van der Waals surface area contributed by atoms with Gasteiger partial charge in [-0.15, -0.1) is 0 Å². The van der Waals surface area contributed by atoms with Gasteiger partial charge in [-0.1, -0.05) is 85.1 Å². The van der Waals surface area contributed by atoms with E-state index in [1.807, 2.05) is 24.3 Å². The van der Waals surface area contributed by atoms with E-state index < -0.39 is 0 Å². The third kappa shape index (κ3) is 4.43. The third-order valence-corrected chi connectivity index (χ3v) is 10.4. The van der Waals surface area contributed by atoms with Crippen molar-refractivity contribution >= 4 is 34.7 Å². The van der Waals surface area contributed by atoms with Gasteiger partial charge in [-0.05, 0) is 83.7 Å². The highest BCUT2D eigenvalue weighted by molar-refractivity contribution is 6.33. The Morgan fingerprint density at radius 3 is 2.34 bits per heavy atom. The number of halogens is 1. The number of ether oxygens (including phenoxy) is 1. The quantitative estimate of drug-likeness (QED) is 0.170. The van der Waals surface area contributed by atoms with Crippen molar-refractivity contribution in [3.05, 3.63) is 129 Å². The van der Waals surface area contributed by atoms with Gasteiger partial charge in [0, 0.05) is 22.4 Å². The van der Waals surface area contributed by atoms with E-state index >= 15 is 0 Å². The van der Waals surface area contributed by atoms with Crippen molar-refractivity contribution in [2.45, 2.75) is 50.5 Å². The van der Waals surface area contributed by atoms with E-state index in [1.54, 1.807) is 6.07 Å². The van der Waals surface area contributed by atoms with Crippen LogP contribution >= 0.6 is 11.6 Å². The minimum Gasteiger partial charge on any atom is -0.461 e. The van der Waals surface area contributed by atoms with Gasteiger partial charge in [0.05, 0.1) is 29.6 Å². The number of aryl methyl sites for hydroxylation is 1. The van der Waals surface area contributed by atoms with Crippen LogP contribution in [0.5, 0.6) is 0 Å². The third-order valence-electron chi connectivity index (χ3n) is 10.1. The van der Waals surface area contributed by atoms with E-state index in [9.17, 15) is 4.79 Å². The molecule has 0 N–H and O–H groups in total. The number of anilines is 1. The SMILES string of the molecule is [C-]#[N+]c1ccc(N2N=C3c4ccc(C(=O)OCC5c6ccccc6-c6ccccc65)cc4CC[C@@H]3[C@@H]2C2CCCC2)cc1Cl. The molecule has 0 amide bonds. The summed E-state index contributed by atoms with van der Waals surface area (Å²) in [5, 5.41) is 7.90. The molecule has 3 aliphatic carbocycles. The fourth-order valence-corrected chi connectivity index (χ4v) is 8.32. The second-order valence-corrected chi connectivity index (χ2v) is 12.9. The van der Waals surface area contributed by atoms with Crippen LogP contribution in [0.25, 0.3) is 16.0 Å². The topological polar surface area (TPSA) is 46.3 Å². The molecule has 2 atom stereocenters. The maximum Gasteiger partial charge on any atom is 0.338 e. The summed E-state index contributed by atoms with van der Waals surface area (Å²) < 4.78 is 5.98. The summed E-state index contributed by atoms with van der Waals surface area (Å²) in [5.74, 6) is 0.644. The highest BCUT2D eigenvalue weighted by Crippen LogP contribution is 2.47. The van der Waals surface area contributed by atoms with Crippen LogP contribution in [0.1, 0.15) is 70.6 Å². The van der Waals surface area contributed by atoms with E-state index in [-0.39, 0.29) is 17.9 Å². The van der Waals surface area contributed by atoms with Gasteiger partial charge in [-0.25, -0.2) is 9.64 Å². The summed E-state index contributed by atoms with van der Waals surface area (Å²) in [5.41, 5.74) is 10.2. The van der Waals surface area contributed by atoms with E-state index in [2.05, 4.69) is 64.5 Å². The molecule has 44 heavy (non-hydrogen) atoms. The predicted octanol–water partition coefficient (Wildman–Crippen LogP) is 9.21. The molecule has 4 aromatic rings. The molecule has 6 heteroatoms. The van der Waals surface area contributed by atoms with Crippen LogP contribution < -0.4 is 5.01 Å². The fourth-order valence-electron chi connectivity index (χ4n) is 8.11. The average molecular weight is 598 g/mol. The number of hydrogen-bond acceptors (Lipinski definition) is 4. The van der Waals surface area contributed by atoms with Crippen molar-refractivity contribution < 1.29 is 9.53 Å². The molecule has 218 valence electrons. The van der Waals surface area contributed by atoms with E-state index in [1.165, 1.54) is 47.9 Å². The van der Waals surface area contributed by atoms with Crippen LogP contribution in [0.15, 0.2) is 90.0 Å². The van der Waals surface area contributed by atoms with E-state index in [0.717, 1.165) is 35.4 Å². The largest absolute Gasteiger partial charge is 0.461 e. The summed E-state index contributed by atoms with van der Waals surface area (Å²) in [4.78, 5) is 16.9. The van der Waals surface area contributed by atoms with Crippen molar-refractivity contribution in [1.29, 1.82) is 0 Å². The average Bonchev–Trinajstić information content (AvgIpc) is 3.80. The molecule has 0 bridgehead atoms. The lowest BCUT2D eigenvalue weighted by molar-refractivity contribution is 0.0493. The Balaban J connectivity index is 1.06. The normalized spacial score (nSPS) is 20.4. The van der Waals surface area contributed by atoms with Gasteiger partial charge < -0.3 is 4.74 Å². The highest BCUT2D eigenvalue weighted by Gasteiger charge is 2.45. The lowest BCUT2D eigenvalue weighted by Gasteiger charge is -2.34. The number of rotatable bonds is 5. The zero-order chi connectivity index (χ0) is 29.8. The van der Waals surface area contributed by atoms with E-state index in [4.69, 9.17) is 28.0 Å². The Morgan fingerprint density at radius 1 is 0.909 bits per heavy atom. The fraction of sp³-hybridized carbons (Fsp3) is 0.289. The second kappa shape index (κ2) is 10.9. The summed E-state index contributed by atoms with van der Waals surface area (Å²) >= 11 is 6.48. The molecule has 4 aromatic carbocycles. The summed E-state index contributed by atoms with van der Waals surface area (Å²) in [6, 6.07) is 28.7. The van der Waals surface area contributed by atoms with Crippen molar-refractivity contribution in [3.8, 4) is 11.1 Å². The van der Waals surface area contributed by atoms with Crippen LogP contribution in [0.3, 0.4) is 0 Å². The summed E-state index contributed by atoms with van der Waals surface area (Å²) in [6.07, 6.45) is 6.83. The first-order valence-electron chi connectivity index (χ1n) is 15.6. The Bertz CT molecular complexity index is 1820. The number of hydrazone groups is 1. The zero-order valence-electron chi connectivity index (χ0n) is 24.4. The maximum atomic E-state index is 13.4. The number of hydrogen-bond donors (Lipinski definition) is 0. The smallest absolute Gasteiger partial charge is 0.338 e. The van der Waals surface area contributed by atoms with Gasteiger partial charge in [0.2, 0.25) is 5.69 Å². The van der Waals surface area contributed by atoms with Crippen LogP contribution in [0, 0.1) is 18.4 Å². The molecule has 0 saturated heterocycles. The first-order chi connectivity index (χ1) is 21.6. The van der Waals surface area contributed by atoms with Crippen LogP contribution in [0.2, 0.25) is 5.02 Å². The van der Waals surface area contributed by atoms with Gasteiger partial charge in [-0.3, -0.25) is 5.01 Å². The standard InChI is InChI=1S/C38H32ClN3O2/c1-40-35-19-16-26(21-34(35)39)42-37(23-8-2-3-9-23)32-18-14-24-20-25(15-17-27(24)36(32)41-42)38(43)44-22-33-30-12-6-4-10-28(30)29-11-5-7-13-31(29)33/h4-7,10-13,15-17,19-21,23,32-33,37H,2-3,8-9,14,18,22H2/t32-,37-/m0/s1. The lowest BCUT2D eigenvalue weighted by Crippen LogP contribution is -2.40. The van der Waals surface area contributed by atoms with Gasteiger partial charge in [-0.2, -0.15) is 5.10 Å². The molecular formula is C38H32ClN3O2. The first-order valence-corrected chi connectivity index (χ1v) is 16.0. The van der Waals surface area contributed by atoms with Gasteiger partial charge in [0.25, 0.3) is 0 Å². The Kier molecular flexibility index (Phi) is 6.76. The molecule has 8 rings (SSSR count). The molecule has 1 aliphatic heterocycles. The Labute approximate surface area is 262 Å². The Morgan fingerprint density at radius 2 is 1.64 bits per heavy atom. The van der Waals surface area contributed by atoms with Crippen LogP contribution in [-0.4, -0.2) is 24.3 Å². The number of nitrogens with zero attached hydrogens (tertiary/aromatic N) is 3. The van der Waals surface area contributed by atoms with Crippen molar-refractivity contribution in [2.75, 3.05) is 11.6 Å². The number of carbonyl (C=O) groups is 1. The van der Waals surface area contributed by atoms with Gasteiger partial charge >= 0.3 is 5.97 Å². The monoisotopic (exact) mass is 597 g/mol.